The van der Waals surface area contributed by atoms with E-state index in [1.165, 1.54) is 13.1 Å². The van der Waals surface area contributed by atoms with Gasteiger partial charge in [-0.15, -0.1) is 0 Å². The van der Waals surface area contributed by atoms with E-state index >= 15 is 0 Å². The molecule has 1 heterocycles. The Morgan fingerprint density at radius 2 is 1.77 bits per heavy atom. The number of carbonyl (C=O) groups excluding carboxylic acids is 1. The van der Waals surface area contributed by atoms with E-state index in [9.17, 15) is 13.2 Å². The number of anilines is 1. The van der Waals surface area contributed by atoms with Crippen molar-refractivity contribution >= 4 is 32.5 Å². The van der Waals surface area contributed by atoms with Gasteiger partial charge in [-0.2, -0.15) is 0 Å². The van der Waals surface area contributed by atoms with Crippen LogP contribution < -0.4 is 10.0 Å². The smallest absolute Gasteiger partial charge is 0.255 e. The molecule has 0 saturated carbocycles. The molecular weight excluding hydrogens is 402 g/mol. The number of nitrogens with one attached hydrogen (secondary N) is 2. The van der Waals surface area contributed by atoms with Crippen LogP contribution in [0.5, 0.6) is 0 Å². The first-order valence-electron chi connectivity index (χ1n) is 9.19. The molecule has 0 unspecified atom stereocenters. The Hall–Kier alpha value is -3.49. The van der Waals surface area contributed by atoms with Crippen molar-refractivity contribution < 1.29 is 17.7 Å². The number of nitrogens with zero attached hydrogens (tertiary/aromatic N) is 1. The Labute approximate surface area is 173 Å². The van der Waals surface area contributed by atoms with E-state index in [0.717, 1.165) is 10.9 Å². The van der Waals surface area contributed by atoms with E-state index in [4.69, 9.17) is 4.52 Å². The Bertz CT molecular complexity index is 1350. The van der Waals surface area contributed by atoms with Crippen molar-refractivity contribution in [2.24, 2.45) is 0 Å². The number of aromatic nitrogens is 1. The normalized spacial score (nSPS) is 11.5. The zero-order valence-corrected chi connectivity index (χ0v) is 17.2. The number of carbonyl (C=O) groups is 1. The van der Waals surface area contributed by atoms with Gasteiger partial charge in [0.2, 0.25) is 10.0 Å². The summed E-state index contributed by atoms with van der Waals surface area (Å²) >= 11 is 0. The minimum Gasteiger partial charge on any atom is -0.355 e. The van der Waals surface area contributed by atoms with Gasteiger partial charge in [0.1, 0.15) is 5.52 Å². The Balaban J connectivity index is 1.67. The second-order valence-corrected chi connectivity index (χ2v) is 8.61. The molecule has 8 heteroatoms. The fourth-order valence-electron chi connectivity index (χ4n) is 3.16. The van der Waals surface area contributed by atoms with Crippen LogP contribution in [0, 0.1) is 6.92 Å². The molecule has 0 spiro atoms. The van der Waals surface area contributed by atoms with Crippen LogP contribution in [-0.4, -0.2) is 26.5 Å². The van der Waals surface area contributed by atoms with Crippen LogP contribution in [0.15, 0.2) is 76.1 Å². The Morgan fingerprint density at radius 3 is 2.50 bits per heavy atom. The molecule has 4 aromatic rings. The molecule has 0 bridgehead atoms. The molecule has 3 aromatic carbocycles. The number of hydrogen-bond donors (Lipinski definition) is 2. The highest BCUT2D eigenvalue weighted by molar-refractivity contribution is 7.89. The SMILES string of the molecule is CNS(=O)(=O)c1cc(NC(=O)c2ccc3noc(-c4ccccc4)c3c2)ccc1C. The van der Waals surface area contributed by atoms with Gasteiger partial charge in [-0.1, -0.05) is 41.6 Å². The molecule has 0 saturated heterocycles. The van der Waals surface area contributed by atoms with Crippen molar-refractivity contribution in [2.75, 3.05) is 12.4 Å². The average molecular weight is 421 g/mol. The molecule has 30 heavy (non-hydrogen) atoms. The van der Waals surface area contributed by atoms with Crippen molar-refractivity contribution in [1.29, 1.82) is 0 Å². The summed E-state index contributed by atoms with van der Waals surface area (Å²) in [6.07, 6.45) is 0. The zero-order valence-electron chi connectivity index (χ0n) is 16.3. The monoisotopic (exact) mass is 421 g/mol. The summed E-state index contributed by atoms with van der Waals surface area (Å²) < 4.78 is 32.1. The number of benzene rings is 3. The zero-order chi connectivity index (χ0) is 21.3. The lowest BCUT2D eigenvalue weighted by Gasteiger charge is -2.10. The topological polar surface area (TPSA) is 101 Å². The first-order chi connectivity index (χ1) is 14.4. The second-order valence-electron chi connectivity index (χ2n) is 6.75. The van der Waals surface area contributed by atoms with Crippen LogP contribution >= 0.6 is 0 Å². The molecule has 0 aliphatic rings. The molecule has 4 rings (SSSR count). The predicted molar refractivity (Wildman–Crippen MR) is 115 cm³/mol. The van der Waals surface area contributed by atoms with Crippen molar-refractivity contribution in [3.63, 3.8) is 0 Å². The second kappa shape index (κ2) is 7.74. The lowest BCUT2D eigenvalue weighted by Crippen LogP contribution is -2.20. The summed E-state index contributed by atoms with van der Waals surface area (Å²) in [7, 11) is -2.29. The van der Waals surface area contributed by atoms with Gasteiger partial charge in [-0.05, 0) is 49.9 Å². The fraction of sp³-hybridized carbons (Fsp3) is 0.0909. The van der Waals surface area contributed by atoms with Gasteiger partial charge in [0.05, 0.1) is 10.3 Å². The van der Waals surface area contributed by atoms with Gasteiger partial charge in [0.25, 0.3) is 5.91 Å². The summed E-state index contributed by atoms with van der Waals surface area (Å²) in [5.74, 6) is 0.215. The molecule has 1 amide bonds. The summed E-state index contributed by atoms with van der Waals surface area (Å²) in [4.78, 5) is 12.9. The van der Waals surface area contributed by atoms with Crippen LogP contribution in [0.1, 0.15) is 15.9 Å². The third-order valence-corrected chi connectivity index (χ3v) is 6.34. The Kier molecular flexibility index (Phi) is 5.11. The van der Waals surface area contributed by atoms with E-state index in [0.29, 0.717) is 28.1 Å². The highest BCUT2D eigenvalue weighted by Crippen LogP contribution is 2.29. The minimum atomic E-state index is -3.63. The molecule has 0 fully saturated rings. The van der Waals surface area contributed by atoms with Crippen LogP contribution in [0.25, 0.3) is 22.2 Å². The molecule has 7 nitrogen and oxygen atoms in total. The third kappa shape index (κ3) is 3.70. The summed E-state index contributed by atoms with van der Waals surface area (Å²) in [6.45, 7) is 1.70. The van der Waals surface area contributed by atoms with Gasteiger partial charge in [0, 0.05) is 16.8 Å². The van der Waals surface area contributed by atoms with E-state index < -0.39 is 10.0 Å². The van der Waals surface area contributed by atoms with Crippen LogP contribution in [0.2, 0.25) is 0 Å². The van der Waals surface area contributed by atoms with Gasteiger partial charge in [0.15, 0.2) is 5.76 Å². The van der Waals surface area contributed by atoms with Gasteiger partial charge in [-0.25, -0.2) is 13.1 Å². The summed E-state index contributed by atoms with van der Waals surface area (Å²) in [5.41, 5.74) is 2.87. The van der Waals surface area contributed by atoms with E-state index in [1.807, 2.05) is 30.3 Å². The number of fused-ring (bicyclic) bond motifs is 1. The number of aryl methyl sites for hydroxylation is 1. The Morgan fingerprint density at radius 1 is 1.00 bits per heavy atom. The predicted octanol–water partition coefficient (Wildman–Crippen LogP) is 3.96. The summed E-state index contributed by atoms with van der Waals surface area (Å²) in [5, 5.41) is 7.53. The molecule has 152 valence electrons. The highest BCUT2D eigenvalue weighted by atomic mass is 32.2. The largest absolute Gasteiger partial charge is 0.355 e. The van der Waals surface area contributed by atoms with Crippen molar-refractivity contribution in [2.45, 2.75) is 11.8 Å². The average Bonchev–Trinajstić information content (AvgIpc) is 3.19. The van der Waals surface area contributed by atoms with Crippen molar-refractivity contribution in [3.8, 4) is 11.3 Å². The van der Waals surface area contributed by atoms with E-state index in [1.54, 1.807) is 37.3 Å². The molecule has 0 atom stereocenters. The molecule has 0 aliphatic carbocycles. The standard InChI is InChI=1S/C22H19N3O4S/c1-14-8-10-17(13-20(14)30(27,28)23-2)24-22(26)16-9-11-19-18(12-16)21(29-25-19)15-6-4-3-5-7-15/h3-13,23H,1-2H3,(H,24,26). The van der Waals surface area contributed by atoms with Gasteiger partial charge in [-0.3, -0.25) is 4.79 Å². The van der Waals surface area contributed by atoms with E-state index in [-0.39, 0.29) is 10.8 Å². The minimum absolute atomic E-state index is 0.114. The molecular formula is C22H19N3O4S. The lowest BCUT2D eigenvalue weighted by molar-refractivity contribution is 0.102. The third-order valence-electron chi connectivity index (χ3n) is 4.78. The number of rotatable bonds is 5. The maximum atomic E-state index is 12.8. The van der Waals surface area contributed by atoms with E-state index in [2.05, 4.69) is 15.2 Å². The maximum Gasteiger partial charge on any atom is 0.255 e. The maximum absolute atomic E-state index is 12.8. The molecule has 0 aliphatic heterocycles. The molecule has 0 radical (unpaired) electrons. The van der Waals surface area contributed by atoms with Crippen molar-refractivity contribution in [3.05, 3.63) is 77.9 Å². The van der Waals surface area contributed by atoms with Crippen LogP contribution in [0.3, 0.4) is 0 Å². The number of hydrogen-bond acceptors (Lipinski definition) is 5. The van der Waals surface area contributed by atoms with Gasteiger partial charge >= 0.3 is 0 Å². The lowest BCUT2D eigenvalue weighted by atomic mass is 10.1. The molecule has 2 N–H and O–H groups in total. The quantitative estimate of drug-likeness (QED) is 0.508. The van der Waals surface area contributed by atoms with Crippen LogP contribution in [-0.2, 0) is 10.0 Å². The first-order valence-corrected chi connectivity index (χ1v) is 10.7. The number of sulfonamides is 1. The van der Waals surface area contributed by atoms with Gasteiger partial charge < -0.3 is 9.84 Å². The molecule has 1 aromatic heterocycles. The first kappa shape index (κ1) is 19.8. The number of amides is 1. The fourth-order valence-corrected chi connectivity index (χ4v) is 4.16. The van der Waals surface area contributed by atoms with Crippen molar-refractivity contribution in [1.82, 2.24) is 9.88 Å². The highest BCUT2D eigenvalue weighted by Gasteiger charge is 2.17. The van der Waals surface area contributed by atoms with Crippen LogP contribution in [0.4, 0.5) is 5.69 Å². The summed E-state index contributed by atoms with van der Waals surface area (Å²) in [6, 6.07) is 19.3.